The number of carbonyl (C=O) groups is 1. The standard InChI is InChI=1S/C25H21N3O3/c1-17(19-12-13-22-23(14-19)31-16-30-22)26-25(29)21-15-28(20-10-6-3-7-11-20)27-24(21)18-8-4-2-5-9-18/h2-15,17H,16H2,1H3,(H,26,29). The van der Waals surface area contributed by atoms with Crippen LogP contribution in [0.25, 0.3) is 16.9 Å². The Morgan fingerprint density at radius 2 is 1.68 bits per heavy atom. The van der Waals surface area contributed by atoms with Crippen LogP contribution in [0.4, 0.5) is 0 Å². The Balaban J connectivity index is 1.46. The van der Waals surface area contributed by atoms with Crippen molar-refractivity contribution in [1.82, 2.24) is 15.1 Å². The molecular formula is C25H21N3O3. The smallest absolute Gasteiger partial charge is 0.255 e. The van der Waals surface area contributed by atoms with Crippen LogP contribution in [0.1, 0.15) is 28.9 Å². The van der Waals surface area contributed by atoms with E-state index in [1.165, 1.54) is 0 Å². The van der Waals surface area contributed by atoms with Gasteiger partial charge >= 0.3 is 0 Å². The Kier molecular flexibility index (Phi) is 4.88. The summed E-state index contributed by atoms with van der Waals surface area (Å²) in [6, 6.07) is 25.0. The predicted molar refractivity (Wildman–Crippen MR) is 117 cm³/mol. The molecule has 6 nitrogen and oxygen atoms in total. The van der Waals surface area contributed by atoms with Crippen molar-refractivity contribution in [3.8, 4) is 28.4 Å². The number of benzene rings is 3. The molecule has 2 heterocycles. The highest BCUT2D eigenvalue weighted by Crippen LogP contribution is 2.34. The summed E-state index contributed by atoms with van der Waals surface area (Å²) < 4.78 is 12.6. The van der Waals surface area contributed by atoms with Crippen molar-refractivity contribution in [2.45, 2.75) is 13.0 Å². The van der Waals surface area contributed by atoms with E-state index in [0.717, 1.165) is 22.6 Å². The van der Waals surface area contributed by atoms with Gasteiger partial charge in [-0.05, 0) is 36.8 Å². The van der Waals surface area contributed by atoms with Crippen molar-refractivity contribution in [2.75, 3.05) is 6.79 Å². The normalized spacial score (nSPS) is 13.1. The van der Waals surface area contributed by atoms with Gasteiger partial charge in [-0.25, -0.2) is 4.68 Å². The maximum absolute atomic E-state index is 13.3. The third-order valence-corrected chi connectivity index (χ3v) is 5.27. The summed E-state index contributed by atoms with van der Waals surface area (Å²) >= 11 is 0. The summed E-state index contributed by atoms with van der Waals surface area (Å²) in [6.07, 6.45) is 1.78. The minimum Gasteiger partial charge on any atom is -0.454 e. The van der Waals surface area contributed by atoms with Gasteiger partial charge in [-0.2, -0.15) is 5.10 Å². The zero-order chi connectivity index (χ0) is 21.2. The van der Waals surface area contributed by atoms with Crippen LogP contribution < -0.4 is 14.8 Å². The van der Waals surface area contributed by atoms with E-state index in [2.05, 4.69) is 5.32 Å². The lowest BCUT2D eigenvalue weighted by Crippen LogP contribution is -2.26. The van der Waals surface area contributed by atoms with Gasteiger partial charge in [-0.1, -0.05) is 54.6 Å². The van der Waals surface area contributed by atoms with Gasteiger partial charge in [-0.3, -0.25) is 4.79 Å². The van der Waals surface area contributed by atoms with E-state index in [1.54, 1.807) is 10.9 Å². The summed E-state index contributed by atoms with van der Waals surface area (Å²) in [5, 5.41) is 7.81. The highest BCUT2D eigenvalue weighted by atomic mass is 16.7. The van der Waals surface area contributed by atoms with Crippen LogP contribution in [0.2, 0.25) is 0 Å². The van der Waals surface area contributed by atoms with Crippen LogP contribution in [-0.4, -0.2) is 22.5 Å². The molecule has 1 aliphatic heterocycles. The van der Waals surface area contributed by atoms with Gasteiger partial charge in [0.2, 0.25) is 6.79 Å². The zero-order valence-corrected chi connectivity index (χ0v) is 17.0. The number of hydrogen-bond donors (Lipinski definition) is 1. The molecule has 5 rings (SSSR count). The van der Waals surface area contributed by atoms with Crippen LogP contribution in [0, 0.1) is 0 Å². The number of nitrogens with zero attached hydrogens (tertiary/aromatic N) is 2. The third kappa shape index (κ3) is 3.75. The number of aromatic nitrogens is 2. The molecule has 1 aliphatic rings. The summed E-state index contributed by atoms with van der Waals surface area (Å²) in [5.41, 5.74) is 3.87. The minimum atomic E-state index is -0.217. The van der Waals surface area contributed by atoms with Crippen molar-refractivity contribution in [3.63, 3.8) is 0 Å². The van der Waals surface area contributed by atoms with E-state index < -0.39 is 0 Å². The highest BCUT2D eigenvalue weighted by molar-refractivity contribution is 6.00. The van der Waals surface area contributed by atoms with E-state index in [1.807, 2.05) is 85.8 Å². The van der Waals surface area contributed by atoms with Gasteiger partial charge in [0.1, 0.15) is 5.69 Å². The Labute approximate surface area is 180 Å². The van der Waals surface area contributed by atoms with Gasteiger partial charge in [0.25, 0.3) is 5.91 Å². The van der Waals surface area contributed by atoms with Crippen molar-refractivity contribution in [1.29, 1.82) is 0 Å². The number of ether oxygens (including phenoxy) is 2. The molecular weight excluding hydrogens is 390 g/mol. The van der Waals surface area contributed by atoms with Gasteiger partial charge in [0.15, 0.2) is 11.5 Å². The topological polar surface area (TPSA) is 65.4 Å². The molecule has 0 saturated heterocycles. The van der Waals surface area contributed by atoms with Crippen molar-refractivity contribution in [3.05, 3.63) is 96.2 Å². The van der Waals surface area contributed by atoms with Crippen LogP contribution in [0.15, 0.2) is 85.1 Å². The van der Waals surface area contributed by atoms with Crippen molar-refractivity contribution in [2.24, 2.45) is 0 Å². The highest BCUT2D eigenvalue weighted by Gasteiger charge is 2.22. The third-order valence-electron chi connectivity index (χ3n) is 5.27. The molecule has 31 heavy (non-hydrogen) atoms. The minimum absolute atomic E-state index is 0.189. The van der Waals surface area contributed by atoms with E-state index in [0.29, 0.717) is 17.0 Å². The summed E-state index contributed by atoms with van der Waals surface area (Å²) in [6.45, 7) is 2.16. The molecule has 0 bridgehead atoms. The van der Waals surface area contributed by atoms with Gasteiger partial charge in [-0.15, -0.1) is 0 Å². The molecule has 0 fully saturated rings. The Morgan fingerprint density at radius 1 is 0.968 bits per heavy atom. The van der Waals surface area contributed by atoms with E-state index in [-0.39, 0.29) is 18.7 Å². The average molecular weight is 411 g/mol. The predicted octanol–water partition coefficient (Wildman–Crippen LogP) is 4.76. The number of hydrogen-bond acceptors (Lipinski definition) is 4. The first kappa shape index (κ1) is 18.9. The molecule has 0 radical (unpaired) electrons. The first-order valence-corrected chi connectivity index (χ1v) is 10.1. The molecule has 6 heteroatoms. The lowest BCUT2D eigenvalue weighted by molar-refractivity contribution is 0.0940. The van der Waals surface area contributed by atoms with Crippen LogP contribution >= 0.6 is 0 Å². The average Bonchev–Trinajstić information content (AvgIpc) is 3.47. The molecule has 0 aliphatic carbocycles. The molecule has 0 saturated carbocycles. The number of fused-ring (bicyclic) bond motifs is 1. The summed E-state index contributed by atoms with van der Waals surface area (Å²) in [4.78, 5) is 13.3. The molecule has 3 aromatic carbocycles. The Hall–Kier alpha value is -4.06. The number of nitrogens with one attached hydrogen (secondary N) is 1. The van der Waals surface area contributed by atoms with Crippen molar-refractivity contribution < 1.29 is 14.3 Å². The molecule has 154 valence electrons. The largest absolute Gasteiger partial charge is 0.454 e. The molecule has 1 N–H and O–H groups in total. The fourth-order valence-electron chi connectivity index (χ4n) is 3.60. The summed E-state index contributed by atoms with van der Waals surface area (Å²) in [5.74, 6) is 1.23. The van der Waals surface area contributed by atoms with Crippen molar-refractivity contribution >= 4 is 5.91 Å². The number of carbonyl (C=O) groups excluding carboxylic acids is 1. The van der Waals surface area contributed by atoms with Gasteiger partial charge in [0.05, 0.1) is 17.3 Å². The van der Waals surface area contributed by atoms with Crippen LogP contribution in [-0.2, 0) is 0 Å². The SMILES string of the molecule is CC(NC(=O)c1cn(-c2ccccc2)nc1-c1ccccc1)c1ccc2c(c1)OCO2. The quantitative estimate of drug-likeness (QED) is 0.514. The molecule has 1 atom stereocenters. The molecule has 0 spiro atoms. The van der Waals surface area contributed by atoms with E-state index in [9.17, 15) is 4.79 Å². The zero-order valence-electron chi connectivity index (χ0n) is 17.0. The van der Waals surface area contributed by atoms with Gasteiger partial charge in [0, 0.05) is 11.8 Å². The first-order valence-electron chi connectivity index (χ1n) is 10.1. The number of rotatable bonds is 5. The molecule has 1 aromatic heterocycles. The number of amides is 1. The second-order valence-corrected chi connectivity index (χ2v) is 7.35. The molecule has 4 aromatic rings. The Morgan fingerprint density at radius 3 is 2.45 bits per heavy atom. The maximum atomic E-state index is 13.3. The molecule has 1 unspecified atom stereocenters. The second-order valence-electron chi connectivity index (χ2n) is 7.35. The van der Waals surface area contributed by atoms with E-state index in [4.69, 9.17) is 14.6 Å². The lowest BCUT2D eigenvalue weighted by Gasteiger charge is -2.15. The van der Waals surface area contributed by atoms with Crippen LogP contribution in [0.3, 0.4) is 0 Å². The molecule has 1 amide bonds. The van der Waals surface area contributed by atoms with Crippen LogP contribution in [0.5, 0.6) is 11.5 Å². The van der Waals surface area contributed by atoms with E-state index >= 15 is 0 Å². The fourth-order valence-corrected chi connectivity index (χ4v) is 3.60. The maximum Gasteiger partial charge on any atom is 0.255 e. The second kappa shape index (κ2) is 7.99. The Bertz CT molecular complexity index is 1220. The number of para-hydroxylation sites is 1. The lowest BCUT2D eigenvalue weighted by atomic mass is 10.1. The summed E-state index contributed by atoms with van der Waals surface area (Å²) in [7, 11) is 0. The van der Waals surface area contributed by atoms with Gasteiger partial charge < -0.3 is 14.8 Å². The fraction of sp³-hybridized carbons (Fsp3) is 0.120. The first-order chi connectivity index (χ1) is 15.2. The monoisotopic (exact) mass is 411 g/mol.